The molecule has 2 atom stereocenters. The van der Waals surface area contributed by atoms with Gasteiger partial charge in [-0.15, -0.1) is 0 Å². The van der Waals surface area contributed by atoms with E-state index < -0.39 is 29.8 Å². The van der Waals surface area contributed by atoms with Crippen LogP contribution in [-0.2, 0) is 14.4 Å². The van der Waals surface area contributed by atoms with Gasteiger partial charge in [0.05, 0.1) is 32.2 Å². The molecule has 0 aromatic heterocycles. The van der Waals surface area contributed by atoms with E-state index in [0.29, 0.717) is 24.5 Å². The molecule has 0 bridgehead atoms. The van der Waals surface area contributed by atoms with Gasteiger partial charge < -0.3 is 35.1 Å². The molecule has 204 valence electrons. The summed E-state index contributed by atoms with van der Waals surface area (Å²) in [5.74, 6) is -0.208. The molecule has 4 amide bonds. The van der Waals surface area contributed by atoms with Crippen molar-refractivity contribution in [2.24, 2.45) is 0 Å². The van der Waals surface area contributed by atoms with Crippen molar-refractivity contribution in [2.75, 3.05) is 40.5 Å². The van der Waals surface area contributed by atoms with E-state index in [9.17, 15) is 19.2 Å². The molecule has 0 saturated carbocycles. The maximum atomic E-state index is 13.1. The van der Waals surface area contributed by atoms with Crippen LogP contribution in [0, 0.1) is 0 Å². The fraction of sp³-hybridized carbons (Fsp3) is 0.407. The largest absolute Gasteiger partial charge is 0.497 e. The Kier molecular flexibility index (Phi) is 10.3. The molecule has 0 radical (unpaired) electrons. The molecule has 1 aliphatic rings. The number of carbonyl (C=O) groups is 4. The van der Waals surface area contributed by atoms with Crippen LogP contribution in [0.4, 0.5) is 0 Å². The van der Waals surface area contributed by atoms with E-state index in [4.69, 9.17) is 14.2 Å². The lowest BCUT2D eigenvalue weighted by Gasteiger charge is -2.25. The molecule has 0 spiro atoms. The van der Waals surface area contributed by atoms with Crippen LogP contribution in [0.1, 0.15) is 30.1 Å². The van der Waals surface area contributed by atoms with Gasteiger partial charge in [0.2, 0.25) is 17.7 Å². The summed E-state index contributed by atoms with van der Waals surface area (Å²) in [7, 11) is 3.19. The lowest BCUT2D eigenvalue weighted by atomic mass is 10.1. The lowest BCUT2D eigenvalue weighted by Crippen LogP contribution is -2.52. The summed E-state index contributed by atoms with van der Waals surface area (Å²) in [6.07, 6.45) is 0.156. The van der Waals surface area contributed by atoms with Gasteiger partial charge in [0.25, 0.3) is 5.91 Å². The quantitative estimate of drug-likeness (QED) is 0.460. The minimum Gasteiger partial charge on any atom is -0.497 e. The molecule has 3 rings (SSSR count). The predicted octanol–water partition coefficient (Wildman–Crippen LogP) is 1.12. The second-order valence-electron chi connectivity index (χ2n) is 8.79. The second-order valence-corrected chi connectivity index (χ2v) is 8.79. The van der Waals surface area contributed by atoms with Crippen molar-refractivity contribution < 1.29 is 33.4 Å². The molecule has 0 unspecified atom stereocenters. The van der Waals surface area contributed by atoms with Gasteiger partial charge in [-0.1, -0.05) is 12.1 Å². The number of rotatable bonds is 7. The first kappa shape index (κ1) is 28.3. The summed E-state index contributed by atoms with van der Waals surface area (Å²) >= 11 is 0. The van der Waals surface area contributed by atoms with Gasteiger partial charge in [0, 0.05) is 13.6 Å². The van der Waals surface area contributed by atoms with E-state index in [-0.39, 0.29) is 37.6 Å². The Morgan fingerprint density at radius 3 is 2.53 bits per heavy atom. The molecule has 2 aromatic carbocycles. The van der Waals surface area contributed by atoms with Crippen molar-refractivity contribution in [3.05, 3.63) is 54.1 Å². The zero-order valence-corrected chi connectivity index (χ0v) is 21.8. The van der Waals surface area contributed by atoms with Gasteiger partial charge >= 0.3 is 0 Å². The molecule has 11 nitrogen and oxygen atoms in total. The third-order valence-corrected chi connectivity index (χ3v) is 5.90. The maximum Gasteiger partial charge on any atom is 0.255 e. The zero-order chi connectivity index (χ0) is 27.5. The highest BCUT2D eigenvalue weighted by Gasteiger charge is 2.28. The Morgan fingerprint density at radius 1 is 1.08 bits per heavy atom. The van der Waals surface area contributed by atoms with Crippen molar-refractivity contribution in [1.29, 1.82) is 0 Å². The molecular weight excluding hydrogens is 492 g/mol. The molecule has 38 heavy (non-hydrogen) atoms. The Labute approximate surface area is 221 Å². The van der Waals surface area contributed by atoms with Crippen LogP contribution >= 0.6 is 0 Å². The molecule has 2 aromatic rings. The maximum absolute atomic E-state index is 13.1. The summed E-state index contributed by atoms with van der Waals surface area (Å²) in [4.78, 5) is 52.8. The molecular formula is C27H34N4O7. The number of benzene rings is 2. The van der Waals surface area contributed by atoms with Gasteiger partial charge in [-0.3, -0.25) is 19.2 Å². The smallest absolute Gasteiger partial charge is 0.255 e. The fourth-order valence-corrected chi connectivity index (χ4v) is 3.78. The van der Waals surface area contributed by atoms with Crippen LogP contribution in [0.2, 0.25) is 0 Å². The fourth-order valence-electron chi connectivity index (χ4n) is 3.78. The van der Waals surface area contributed by atoms with E-state index in [1.165, 1.54) is 4.90 Å². The predicted molar refractivity (Wildman–Crippen MR) is 139 cm³/mol. The van der Waals surface area contributed by atoms with E-state index in [0.717, 1.165) is 5.75 Å². The van der Waals surface area contributed by atoms with Crippen LogP contribution in [0.25, 0.3) is 0 Å². The number of likely N-dealkylation sites (N-methyl/N-ethyl adjacent to an activating group) is 1. The van der Waals surface area contributed by atoms with Crippen LogP contribution < -0.4 is 30.2 Å². The highest BCUT2D eigenvalue weighted by molar-refractivity contribution is 6.01. The Morgan fingerprint density at radius 2 is 1.79 bits per heavy atom. The molecule has 1 aliphatic heterocycles. The van der Waals surface area contributed by atoms with Gasteiger partial charge in [-0.2, -0.15) is 0 Å². The zero-order valence-electron chi connectivity index (χ0n) is 21.8. The molecule has 0 saturated heterocycles. The van der Waals surface area contributed by atoms with Crippen molar-refractivity contribution in [3.8, 4) is 17.2 Å². The number of amides is 4. The highest BCUT2D eigenvalue weighted by atomic mass is 16.5. The monoisotopic (exact) mass is 526 g/mol. The Bertz CT molecular complexity index is 1120. The SMILES string of the molecule is COc1ccc(OCCCNC(=O)[C@@H]2CC(=O)N[C@@H](C)C(=O)N(C)CCOc3ccccc3C(=O)N2)cc1. The Hall–Kier alpha value is -4.28. The summed E-state index contributed by atoms with van der Waals surface area (Å²) in [6, 6.07) is 11.8. The van der Waals surface area contributed by atoms with E-state index in [1.54, 1.807) is 69.6 Å². The van der Waals surface area contributed by atoms with Gasteiger partial charge in [0.15, 0.2) is 0 Å². The number of hydrogen-bond acceptors (Lipinski definition) is 7. The summed E-state index contributed by atoms with van der Waals surface area (Å²) in [5, 5.41) is 7.99. The molecule has 11 heteroatoms. The third-order valence-electron chi connectivity index (χ3n) is 5.90. The second kappa shape index (κ2) is 13.9. The summed E-state index contributed by atoms with van der Waals surface area (Å²) in [6.45, 7) is 2.59. The molecule has 0 fully saturated rings. The molecule has 0 aliphatic carbocycles. The standard InChI is InChI=1S/C27H34N4O7/c1-18-27(35)31(2)14-16-38-23-8-5-4-7-21(23)25(33)30-22(17-24(32)29-18)26(34)28-13-6-15-37-20-11-9-19(36-3)10-12-20/h4-5,7-12,18,22H,6,13-17H2,1-3H3,(H,28,34)(H,29,32)(H,30,33)/t18-,22-/m0/s1. The number of ether oxygens (including phenoxy) is 3. The highest BCUT2D eigenvalue weighted by Crippen LogP contribution is 2.19. The van der Waals surface area contributed by atoms with Crippen molar-refractivity contribution in [1.82, 2.24) is 20.9 Å². The molecule has 3 N–H and O–H groups in total. The topological polar surface area (TPSA) is 135 Å². The average molecular weight is 527 g/mol. The van der Waals surface area contributed by atoms with Crippen LogP contribution in [0.15, 0.2) is 48.5 Å². The van der Waals surface area contributed by atoms with Gasteiger partial charge in [0.1, 0.15) is 35.9 Å². The van der Waals surface area contributed by atoms with Crippen LogP contribution in [0.5, 0.6) is 17.2 Å². The van der Waals surface area contributed by atoms with E-state index in [2.05, 4.69) is 16.0 Å². The van der Waals surface area contributed by atoms with E-state index in [1.807, 2.05) is 0 Å². The Balaban J connectivity index is 1.64. The minimum absolute atomic E-state index is 0.149. The number of para-hydroxylation sites is 1. The van der Waals surface area contributed by atoms with Crippen LogP contribution in [-0.4, -0.2) is 81.1 Å². The number of fused-ring (bicyclic) bond motifs is 1. The van der Waals surface area contributed by atoms with Crippen molar-refractivity contribution in [3.63, 3.8) is 0 Å². The number of nitrogens with one attached hydrogen (secondary N) is 3. The minimum atomic E-state index is -1.17. The lowest BCUT2D eigenvalue weighted by molar-refractivity contribution is -0.135. The number of methoxy groups -OCH3 is 1. The van der Waals surface area contributed by atoms with Gasteiger partial charge in [-0.05, 0) is 49.7 Å². The molecule has 1 heterocycles. The number of carbonyl (C=O) groups excluding carboxylic acids is 4. The average Bonchev–Trinajstić information content (AvgIpc) is 2.91. The number of hydrogen-bond donors (Lipinski definition) is 3. The summed E-state index contributed by atoms with van der Waals surface area (Å²) < 4.78 is 16.5. The first-order valence-electron chi connectivity index (χ1n) is 12.4. The third kappa shape index (κ3) is 8.12. The normalized spacial score (nSPS) is 18.7. The van der Waals surface area contributed by atoms with E-state index >= 15 is 0 Å². The van der Waals surface area contributed by atoms with Crippen molar-refractivity contribution in [2.45, 2.75) is 31.8 Å². The summed E-state index contributed by atoms with van der Waals surface area (Å²) in [5.41, 5.74) is 0.220. The first-order valence-corrected chi connectivity index (χ1v) is 12.4. The van der Waals surface area contributed by atoms with Crippen molar-refractivity contribution >= 4 is 23.6 Å². The van der Waals surface area contributed by atoms with Gasteiger partial charge in [-0.25, -0.2) is 0 Å². The van der Waals surface area contributed by atoms with Crippen LogP contribution in [0.3, 0.4) is 0 Å². The first-order chi connectivity index (χ1) is 18.3. The number of nitrogens with zero attached hydrogens (tertiary/aromatic N) is 1.